The number of carbonyl (C=O) groups excluding carboxylic acids is 1. The first-order valence-corrected chi connectivity index (χ1v) is 9.59. The van der Waals surface area contributed by atoms with Crippen LogP contribution in [0.3, 0.4) is 0 Å². The molecule has 1 aliphatic rings. The van der Waals surface area contributed by atoms with E-state index >= 15 is 0 Å². The number of amides is 1. The van der Waals surface area contributed by atoms with Crippen LogP contribution in [0.2, 0.25) is 5.02 Å². The van der Waals surface area contributed by atoms with Gasteiger partial charge in [-0.05, 0) is 6.07 Å². The van der Waals surface area contributed by atoms with Crippen LogP contribution in [0, 0.1) is 16.0 Å². The van der Waals surface area contributed by atoms with Gasteiger partial charge in [0.25, 0.3) is 5.69 Å². The van der Waals surface area contributed by atoms with Crippen molar-refractivity contribution >= 4 is 64.5 Å². The molecule has 1 fully saturated rings. The summed E-state index contributed by atoms with van der Waals surface area (Å²) in [5.74, 6) is -1.34. The largest absolute Gasteiger partial charge is 0.305 e. The Morgan fingerprint density at radius 1 is 1.45 bits per heavy atom. The van der Waals surface area contributed by atoms with Crippen LogP contribution in [0.5, 0.6) is 0 Å². The van der Waals surface area contributed by atoms with E-state index in [-0.39, 0.29) is 35.1 Å². The summed E-state index contributed by atoms with van der Waals surface area (Å²) in [6, 6.07) is 2.67. The van der Waals surface area contributed by atoms with Crippen molar-refractivity contribution in [2.45, 2.75) is 6.42 Å². The SMILES string of the molecule is O=C1CC(CS(=O)(=O)Cl)CN1c1c(Cl)cc(Br)cc1[N+](=O)[O-]. The van der Waals surface area contributed by atoms with Gasteiger partial charge >= 0.3 is 0 Å². The van der Waals surface area contributed by atoms with E-state index in [1.807, 2.05) is 0 Å². The number of hydrogen-bond donors (Lipinski definition) is 0. The molecule has 0 radical (unpaired) electrons. The lowest BCUT2D eigenvalue weighted by molar-refractivity contribution is -0.384. The van der Waals surface area contributed by atoms with Gasteiger partial charge in [0.2, 0.25) is 15.0 Å². The maximum absolute atomic E-state index is 12.1. The highest BCUT2D eigenvalue weighted by Gasteiger charge is 2.37. The second-order valence-electron chi connectivity index (χ2n) is 4.79. The van der Waals surface area contributed by atoms with E-state index in [9.17, 15) is 23.3 Å². The molecule has 0 spiro atoms. The Morgan fingerprint density at radius 2 is 2.09 bits per heavy atom. The summed E-state index contributed by atoms with van der Waals surface area (Å²) in [6.45, 7) is 0.00692. The molecule has 0 aromatic heterocycles. The van der Waals surface area contributed by atoms with Gasteiger partial charge < -0.3 is 4.90 Å². The van der Waals surface area contributed by atoms with Crippen LogP contribution in [-0.2, 0) is 13.8 Å². The van der Waals surface area contributed by atoms with Gasteiger partial charge in [-0.25, -0.2) is 8.42 Å². The summed E-state index contributed by atoms with van der Waals surface area (Å²) >= 11 is 9.13. The molecule has 1 heterocycles. The summed E-state index contributed by atoms with van der Waals surface area (Å²) in [5.41, 5.74) is -0.364. The fourth-order valence-electron chi connectivity index (χ4n) is 2.35. The molecule has 0 bridgehead atoms. The second kappa shape index (κ2) is 6.31. The molecule has 120 valence electrons. The van der Waals surface area contributed by atoms with Crippen molar-refractivity contribution in [2.24, 2.45) is 5.92 Å². The first-order chi connectivity index (χ1) is 10.1. The monoisotopic (exact) mass is 430 g/mol. The molecular weight excluding hydrogens is 423 g/mol. The van der Waals surface area contributed by atoms with Gasteiger partial charge in [-0.1, -0.05) is 27.5 Å². The van der Waals surface area contributed by atoms with Crippen molar-refractivity contribution < 1.29 is 18.1 Å². The normalized spacial score (nSPS) is 18.8. The van der Waals surface area contributed by atoms with E-state index in [0.717, 1.165) is 4.90 Å². The van der Waals surface area contributed by atoms with Crippen molar-refractivity contribution in [3.8, 4) is 0 Å². The molecule has 1 aromatic carbocycles. The van der Waals surface area contributed by atoms with Crippen molar-refractivity contribution in [3.63, 3.8) is 0 Å². The lowest BCUT2D eigenvalue weighted by Crippen LogP contribution is -2.26. The zero-order valence-corrected chi connectivity index (χ0v) is 14.7. The van der Waals surface area contributed by atoms with E-state index in [1.54, 1.807) is 0 Å². The standard InChI is InChI=1S/C11H9BrCl2N2O5S/c12-7-2-8(13)11(9(3-7)16(18)19)15-4-6(1-10(15)17)5-22(14,20)21/h2-3,6H,1,4-5H2. The van der Waals surface area contributed by atoms with Gasteiger partial charge in [-0.15, -0.1) is 0 Å². The average molecular weight is 432 g/mol. The molecule has 1 atom stereocenters. The number of anilines is 1. The number of rotatable bonds is 4. The molecule has 1 aromatic rings. The molecule has 1 unspecified atom stereocenters. The van der Waals surface area contributed by atoms with Crippen LogP contribution in [-0.4, -0.2) is 31.5 Å². The van der Waals surface area contributed by atoms with Crippen molar-refractivity contribution in [1.82, 2.24) is 0 Å². The number of benzene rings is 1. The number of nitro groups is 1. The minimum Gasteiger partial charge on any atom is -0.305 e. The Labute approximate surface area is 143 Å². The summed E-state index contributed by atoms with van der Waals surface area (Å²) in [5, 5.41) is 11.2. The Bertz CT molecular complexity index is 755. The van der Waals surface area contributed by atoms with Gasteiger partial charge in [-0.3, -0.25) is 14.9 Å². The summed E-state index contributed by atoms with van der Waals surface area (Å²) < 4.78 is 22.6. The molecule has 22 heavy (non-hydrogen) atoms. The van der Waals surface area contributed by atoms with Crippen LogP contribution < -0.4 is 4.90 Å². The number of halogens is 3. The second-order valence-corrected chi connectivity index (χ2v) is 8.94. The zero-order valence-electron chi connectivity index (χ0n) is 10.8. The Hall–Kier alpha value is -0.900. The molecule has 0 saturated carbocycles. The molecule has 1 saturated heterocycles. The first-order valence-electron chi connectivity index (χ1n) is 5.94. The Morgan fingerprint density at radius 3 is 2.64 bits per heavy atom. The van der Waals surface area contributed by atoms with Crippen LogP contribution >= 0.6 is 38.2 Å². The van der Waals surface area contributed by atoms with Crippen molar-refractivity contribution in [2.75, 3.05) is 17.2 Å². The molecular formula is C11H9BrCl2N2O5S. The lowest BCUT2D eigenvalue weighted by Gasteiger charge is -2.18. The van der Waals surface area contributed by atoms with Gasteiger partial charge in [-0.2, -0.15) is 0 Å². The fourth-order valence-corrected chi connectivity index (χ4v) is 4.56. The van der Waals surface area contributed by atoms with Crippen molar-refractivity contribution in [1.29, 1.82) is 0 Å². The van der Waals surface area contributed by atoms with Crippen molar-refractivity contribution in [3.05, 3.63) is 31.7 Å². The maximum atomic E-state index is 12.1. The van der Waals surface area contributed by atoms with Crippen LogP contribution in [0.1, 0.15) is 6.42 Å². The van der Waals surface area contributed by atoms with Gasteiger partial charge in [0.1, 0.15) is 5.69 Å². The zero-order chi connectivity index (χ0) is 16.7. The van der Waals surface area contributed by atoms with Crippen LogP contribution in [0.15, 0.2) is 16.6 Å². The third-order valence-corrected chi connectivity index (χ3v) is 5.11. The van der Waals surface area contributed by atoms with E-state index in [1.165, 1.54) is 12.1 Å². The quantitative estimate of drug-likeness (QED) is 0.414. The molecule has 2 rings (SSSR count). The Balaban J connectivity index is 2.40. The first kappa shape index (κ1) is 17.5. The van der Waals surface area contributed by atoms with Crippen LogP contribution in [0.25, 0.3) is 0 Å². The van der Waals surface area contributed by atoms with Gasteiger partial charge in [0.05, 0.1) is 15.7 Å². The number of nitrogens with zero attached hydrogens (tertiary/aromatic N) is 2. The number of nitro benzene ring substituents is 1. The summed E-state index contributed by atoms with van der Waals surface area (Å²) in [4.78, 5) is 23.7. The number of hydrogen-bond acceptors (Lipinski definition) is 5. The maximum Gasteiger partial charge on any atom is 0.295 e. The van der Waals surface area contributed by atoms with E-state index in [0.29, 0.717) is 4.47 Å². The molecule has 11 heteroatoms. The molecule has 0 aliphatic carbocycles. The minimum absolute atomic E-state index is 0.00692. The highest BCUT2D eigenvalue weighted by molar-refractivity contribution is 9.10. The highest BCUT2D eigenvalue weighted by Crippen LogP contribution is 2.41. The predicted molar refractivity (Wildman–Crippen MR) is 85.9 cm³/mol. The van der Waals surface area contributed by atoms with E-state index in [4.69, 9.17) is 22.3 Å². The van der Waals surface area contributed by atoms with Gasteiger partial charge in [0, 0.05) is 40.1 Å². The third kappa shape index (κ3) is 3.89. The predicted octanol–water partition coefficient (Wildman–Crippen LogP) is 2.93. The third-order valence-electron chi connectivity index (χ3n) is 3.11. The highest BCUT2D eigenvalue weighted by atomic mass is 79.9. The molecule has 7 nitrogen and oxygen atoms in total. The Kier molecular flexibility index (Phi) is 5.00. The average Bonchev–Trinajstić information content (AvgIpc) is 2.66. The lowest BCUT2D eigenvalue weighted by atomic mass is 10.1. The molecule has 0 N–H and O–H groups in total. The topological polar surface area (TPSA) is 97.6 Å². The minimum atomic E-state index is -3.76. The molecule has 1 amide bonds. The molecule has 1 aliphatic heterocycles. The van der Waals surface area contributed by atoms with Crippen LogP contribution in [0.4, 0.5) is 11.4 Å². The van der Waals surface area contributed by atoms with E-state index < -0.39 is 25.8 Å². The fraction of sp³-hybridized carbons (Fsp3) is 0.364. The smallest absolute Gasteiger partial charge is 0.295 e. The summed E-state index contributed by atoms with van der Waals surface area (Å²) in [7, 11) is 1.43. The number of carbonyl (C=O) groups is 1. The van der Waals surface area contributed by atoms with Gasteiger partial charge in [0.15, 0.2) is 0 Å². The summed E-state index contributed by atoms with van der Waals surface area (Å²) in [6.07, 6.45) is -0.0600. The van der Waals surface area contributed by atoms with E-state index in [2.05, 4.69) is 15.9 Å².